The molecule has 126 valence electrons. The summed E-state index contributed by atoms with van der Waals surface area (Å²) < 4.78 is 7.08. The van der Waals surface area contributed by atoms with Crippen LogP contribution in [0.5, 0.6) is 5.75 Å². The van der Waals surface area contributed by atoms with Crippen molar-refractivity contribution in [2.45, 2.75) is 0 Å². The molecule has 3 aromatic carbocycles. The molecule has 4 rings (SSSR count). The third kappa shape index (κ3) is 2.85. The Bertz CT molecular complexity index is 1110. The molecule has 1 aromatic heterocycles. The molecule has 1 N–H and O–H groups in total. The highest BCUT2D eigenvalue weighted by Gasteiger charge is 2.08. The van der Waals surface area contributed by atoms with E-state index in [-0.39, 0.29) is 0 Å². The van der Waals surface area contributed by atoms with Crippen LogP contribution >= 0.6 is 0 Å². The van der Waals surface area contributed by atoms with Gasteiger partial charge >= 0.3 is 0 Å². The smallest absolute Gasteiger partial charge is 0.118 e. The van der Waals surface area contributed by atoms with Crippen molar-refractivity contribution < 1.29 is 4.74 Å². The van der Waals surface area contributed by atoms with E-state index in [1.54, 1.807) is 13.4 Å². The number of anilines is 1. The van der Waals surface area contributed by atoms with Crippen LogP contribution in [0.15, 0.2) is 73.1 Å². The summed E-state index contributed by atoms with van der Waals surface area (Å²) in [5.74, 6) is 0.784. The molecule has 1 heterocycles. The third-order valence-corrected chi connectivity index (χ3v) is 4.24. The molecule has 0 fully saturated rings. The summed E-state index contributed by atoms with van der Waals surface area (Å²) in [6.07, 6.45) is 1.75. The highest BCUT2D eigenvalue weighted by Crippen LogP contribution is 2.28. The molecule has 0 saturated heterocycles. The van der Waals surface area contributed by atoms with Crippen molar-refractivity contribution >= 4 is 16.7 Å². The molecule has 0 spiro atoms. The Kier molecular flexibility index (Phi) is 4.00. The number of aromatic nitrogens is 2. The van der Waals surface area contributed by atoms with Crippen LogP contribution < -0.4 is 10.2 Å². The van der Waals surface area contributed by atoms with Crippen molar-refractivity contribution in [2.24, 2.45) is 0 Å². The first-order valence-electron chi connectivity index (χ1n) is 8.16. The molecule has 0 aliphatic heterocycles. The van der Waals surface area contributed by atoms with Crippen LogP contribution in [0.2, 0.25) is 0 Å². The third-order valence-electron chi connectivity index (χ3n) is 4.24. The van der Waals surface area contributed by atoms with E-state index in [0.717, 1.165) is 33.6 Å². The van der Waals surface area contributed by atoms with Crippen molar-refractivity contribution in [3.05, 3.63) is 78.6 Å². The molecular formula is C21H16N4O. The van der Waals surface area contributed by atoms with Crippen LogP contribution in [0.25, 0.3) is 22.2 Å². The first kappa shape index (κ1) is 15.7. The van der Waals surface area contributed by atoms with Crippen LogP contribution in [-0.2, 0) is 0 Å². The van der Waals surface area contributed by atoms with Crippen molar-refractivity contribution in [3.8, 4) is 22.9 Å². The van der Waals surface area contributed by atoms with Gasteiger partial charge in [-0.3, -0.25) is 5.43 Å². The van der Waals surface area contributed by atoms with Crippen LogP contribution in [0.1, 0.15) is 5.56 Å². The Morgan fingerprint density at radius 2 is 1.85 bits per heavy atom. The van der Waals surface area contributed by atoms with Crippen LogP contribution in [0, 0.1) is 11.3 Å². The maximum atomic E-state index is 9.46. The summed E-state index contributed by atoms with van der Waals surface area (Å²) in [6.45, 7) is 0. The molecule has 0 saturated carbocycles. The fourth-order valence-electron chi connectivity index (χ4n) is 2.91. The molecule has 5 nitrogen and oxygen atoms in total. The summed E-state index contributed by atoms with van der Waals surface area (Å²) in [4.78, 5) is 4.38. The molecule has 4 aromatic rings. The van der Waals surface area contributed by atoms with E-state index in [1.807, 2.05) is 71.4 Å². The van der Waals surface area contributed by atoms with Gasteiger partial charge in [0, 0.05) is 5.56 Å². The fraction of sp³-hybridized carbons (Fsp3) is 0.0476. The molecule has 0 amide bonds. The lowest BCUT2D eigenvalue weighted by molar-refractivity contribution is 0.415. The molecule has 0 radical (unpaired) electrons. The number of imidazole rings is 1. The van der Waals surface area contributed by atoms with E-state index in [1.165, 1.54) is 0 Å². The normalized spacial score (nSPS) is 10.5. The maximum absolute atomic E-state index is 9.46. The number of hydrogen-bond acceptors (Lipinski definition) is 4. The van der Waals surface area contributed by atoms with Gasteiger partial charge in [0.15, 0.2) is 0 Å². The van der Waals surface area contributed by atoms with E-state index < -0.39 is 0 Å². The van der Waals surface area contributed by atoms with E-state index in [0.29, 0.717) is 5.56 Å². The minimum atomic E-state index is 0.621. The fourth-order valence-corrected chi connectivity index (χ4v) is 2.91. The summed E-state index contributed by atoms with van der Waals surface area (Å²) >= 11 is 0. The number of para-hydroxylation sites is 2. The van der Waals surface area contributed by atoms with Crippen molar-refractivity contribution in [1.82, 2.24) is 9.66 Å². The minimum Gasteiger partial charge on any atom is -0.497 e. The zero-order valence-electron chi connectivity index (χ0n) is 14.2. The van der Waals surface area contributed by atoms with Gasteiger partial charge in [0.2, 0.25) is 0 Å². The van der Waals surface area contributed by atoms with Crippen molar-refractivity contribution in [2.75, 3.05) is 12.5 Å². The molecule has 0 atom stereocenters. The van der Waals surface area contributed by atoms with Crippen LogP contribution in [-0.4, -0.2) is 16.8 Å². The number of ether oxygens (including phenoxy) is 1. The lowest BCUT2D eigenvalue weighted by atomic mass is 9.99. The number of nitrogens with one attached hydrogen (secondary N) is 1. The van der Waals surface area contributed by atoms with Crippen LogP contribution in [0.3, 0.4) is 0 Å². The van der Waals surface area contributed by atoms with Gasteiger partial charge in [-0.05, 0) is 48.0 Å². The number of methoxy groups -OCH3 is 1. The highest BCUT2D eigenvalue weighted by molar-refractivity contribution is 5.77. The predicted molar refractivity (Wildman–Crippen MR) is 102 cm³/mol. The van der Waals surface area contributed by atoms with Crippen molar-refractivity contribution in [1.29, 1.82) is 5.26 Å². The van der Waals surface area contributed by atoms with Gasteiger partial charge in [0.25, 0.3) is 0 Å². The lowest BCUT2D eigenvalue weighted by Crippen LogP contribution is -2.07. The molecule has 5 heteroatoms. The van der Waals surface area contributed by atoms with E-state index in [9.17, 15) is 5.26 Å². The Balaban J connectivity index is 1.73. The average Bonchev–Trinajstić information content (AvgIpc) is 3.11. The first-order valence-corrected chi connectivity index (χ1v) is 8.16. The zero-order chi connectivity index (χ0) is 17.9. The van der Waals surface area contributed by atoms with Gasteiger partial charge < -0.3 is 4.74 Å². The predicted octanol–water partition coefficient (Wildman–Crippen LogP) is 4.46. The number of nitriles is 1. The largest absolute Gasteiger partial charge is 0.497 e. The zero-order valence-corrected chi connectivity index (χ0v) is 14.2. The summed E-state index contributed by atoms with van der Waals surface area (Å²) in [5, 5.41) is 9.46. The van der Waals surface area contributed by atoms with E-state index in [4.69, 9.17) is 4.74 Å². The lowest BCUT2D eigenvalue weighted by Gasteiger charge is -2.12. The second kappa shape index (κ2) is 6.61. The summed E-state index contributed by atoms with van der Waals surface area (Å²) in [5.41, 5.74) is 8.56. The molecule has 0 aliphatic rings. The van der Waals surface area contributed by atoms with Gasteiger partial charge in [-0.25, -0.2) is 9.66 Å². The van der Waals surface area contributed by atoms with E-state index >= 15 is 0 Å². The second-order valence-electron chi connectivity index (χ2n) is 5.82. The van der Waals surface area contributed by atoms with Gasteiger partial charge in [0.1, 0.15) is 12.1 Å². The number of rotatable bonds is 4. The Morgan fingerprint density at radius 1 is 1.04 bits per heavy atom. The van der Waals surface area contributed by atoms with Gasteiger partial charge in [-0.2, -0.15) is 5.26 Å². The number of hydrogen-bond donors (Lipinski definition) is 1. The summed E-state index contributed by atoms with van der Waals surface area (Å²) in [6, 6.07) is 23.5. The summed E-state index contributed by atoms with van der Waals surface area (Å²) in [7, 11) is 1.63. The molecule has 0 aliphatic carbocycles. The van der Waals surface area contributed by atoms with Crippen LogP contribution in [0.4, 0.5) is 5.69 Å². The average molecular weight is 340 g/mol. The quantitative estimate of drug-likeness (QED) is 0.596. The molecule has 0 bridgehead atoms. The molecule has 0 unspecified atom stereocenters. The Morgan fingerprint density at radius 3 is 2.62 bits per heavy atom. The maximum Gasteiger partial charge on any atom is 0.118 e. The topological polar surface area (TPSA) is 62.9 Å². The molecule has 26 heavy (non-hydrogen) atoms. The Hall–Kier alpha value is -3.78. The standard InChI is InChI=1S/C21H16N4O/c1-26-18-10-7-15(8-11-18)19-12-17(9-6-16(19)13-22)24-25-14-23-20-4-2-3-5-21(20)25/h2-12,14,24H,1H3. The van der Waals surface area contributed by atoms with Gasteiger partial charge in [-0.15, -0.1) is 0 Å². The number of benzene rings is 3. The number of nitrogens with zero attached hydrogens (tertiary/aromatic N) is 3. The van der Waals surface area contributed by atoms with Crippen molar-refractivity contribution in [3.63, 3.8) is 0 Å². The van der Waals surface area contributed by atoms with Gasteiger partial charge in [0.05, 0.1) is 35.5 Å². The van der Waals surface area contributed by atoms with Gasteiger partial charge in [-0.1, -0.05) is 24.3 Å². The SMILES string of the molecule is COc1ccc(-c2cc(Nn3cnc4ccccc43)ccc2C#N)cc1. The minimum absolute atomic E-state index is 0.621. The first-order chi connectivity index (χ1) is 12.8. The Labute approximate surface area is 151 Å². The molecular weight excluding hydrogens is 324 g/mol. The monoisotopic (exact) mass is 340 g/mol. The number of fused-ring (bicyclic) bond motifs is 1. The highest BCUT2D eigenvalue weighted by atomic mass is 16.5. The second-order valence-corrected chi connectivity index (χ2v) is 5.82. The van der Waals surface area contributed by atoms with E-state index in [2.05, 4.69) is 16.5 Å².